The molecule has 2 atom stereocenters. The molecule has 4 heterocycles. The molecular weight excluding hydrogens is 994 g/mol. The van der Waals surface area contributed by atoms with Gasteiger partial charge < -0.3 is 66.9 Å². The van der Waals surface area contributed by atoms with Gasteiger partial charge in [0.05, 0.1) is 10.8 Å². The zero-order valence-corrected chi connectivity index (χ0v) is 45.0. The largest absolute Gasteiger partial charge is 0.573 e. The van der Waals surface area contributed by atoms with Crippen molar-refractivity contribution in [2.24, 2.45) is 10.8 Å². The quantitative estimate of drug-likeness (QED) is 0.0402. The number of thiocarbonyl (C=S) groups is 2. The van der Waals surface area contributed by atoms with Crippen LogP contribution >= 0.6 is 24.4 Å². The molecule has 74 heavy (non-hydrogen) atoms. The van der Waals surface area contributed by atoms with Crippen LogP contribution in [-0.4, -0.2) is 174 Å². The molecule has 2 amide bonds. The summed E-state index contributed by atoms with van der Waals surface area (Å²) in [6, 6.07) is 16.8. The third kappa shape index (κ3) is 17.5. The first-order valence-electron chi connectivity index (χ1n) is 24.9. The molecule has 0 spiro atoms. The van der Waals surface area contributed by atoms with Gasteiger partial charge >= 0.3 is 6.36 Å². The van der Waals surface area contributed by atoms with Gasteiger partial charge in [0.15, 0.2) is 10.2 Å². The van der Waals surface area contributed by atoms with Crippen LogP contribution in [0.2, 0.25) is 0 Å². The molecule has 24 heteroatoms. The van der Waals surface area contributed by atoms with E-state index in [1.807, 2.05) is 63.3 Å². The number of amides is 2. The predicted molar refractivity (Wildman–Crippen MR) is 294 cm³/mol. The molecule has 4 aromatic rings. The van der Waals surface area contributed by atoms with Crippen molar-refractivity contribution in [2.75, 3.05) is 138 Å². The summed E-state index contributed by atoms with van der Waals surface area (Å²) in [5, 5.41) is 26.0. The van der Waals surface area contributed by atoms with Crippen LogP contribution < -0.4 is 47.3 Å². The van der Waals surface area contributed by atoms with Crippen LogP contribution in [0.15, 0.2) is 60.7 Å². The van der Waals surface area contributed by atoms with Crippen LogP contribution in [-0.2, 0) is 16.0 Å². The van der Waals surface area contributed by atoms with Crippen LogP contribution in [0.25, 0.3) is 0 Å². The summed E-state index contributed by atoms with van der Waals surface area (Å²) in [4.78, 5) is 55.4. The van der Waals surface area contributed by atoms with Gasteiger partial charge in [-0.3, -0.25) is 9.59 Å². The van der Waals surface area contributed by atoms with Crippen molar-refractivity contribution in [1.29, 1.82) is 0 Å². The van der Waals surface area contributed by atoms with Gasteiger partial charge in [0, 0.05) is 100 Å². The Morgan fingerprint density at radius 3 is 1.69 bits per heavy atom. The number of likely N-dealkylation sites (N-methyl/N-ethyl adjacent to an activating group) is 2. The SMILES string of the molecule is CCN1CCC(CNc2cc(C)nc(NC(=S)Nc3ccc(OC(F)(F)F)cc3)n2)(C(=O)NCCN(C)CCc2cc(NCC3(C(=O)NCCN(C)C)CCN(CC)C3)nc(NC(=S)Nc3ccc(C)cc3)n2)C1. The molecule has 0 aliphatic carbocycles. The first-order valence-corrected chi connectivity index (χ1v) is 25.7. The number of benzene rings is 2. The molecule has 6 rings (SSSR count). The topological polar surface area (TPSA) is 204 Å². The van der Waals surface area contributed by atoms with E-state index >= 15 is 0 Å². The predicted octanol–water partition coefficient (Wildman–Crippen LogP) is 5.62. The van der Waals surface area contributed by atoms with Crippen molar-refractivity contribution < 1.29 is 27.5 Å². The Labute approximate surface area is 443 Å². The van der Waals surface area contributed by atoms with E-state index < -0.39 is 17.2 Å². The van der Waals surface area contributed by atoms with E-state index in [4.69, 9.17) is 34.4 Å². The van der Waals surface area contributed by atoms with Crippen LogP contribution in [0.4, 0.5) is 48.1 Å². The summed E-state index contributed by atoms with van der Waals surface area (Å²) < 4.78 is 41.7. The Hall–Kier alpha value is -6.05. The standard InChI is InChI=1S/C50H71F3N16O3S2/c1-8-68-24-19-48(32-68,30-56-40-28-35(4)58-44(62-40)64-46(73)61-37-14-16-39(17-15-37)72-50(51,52)53)43(71)55-22-27-67(7)23-18-38-29-41(63-45(59-38)65-47(74)60-36-12-10-34(3)11-13-36)57-31-49(20-25-69(9-2)33-49)42(70)54-21-26-66(5)6/h10-17,28-29H,8-9,18-27,30-33H2,1-7H3,(H,54,70)(H,55,71)(H3,56,58,61,62,64,73)(H3,57,59,60,63,65,74). The molecule has 2 saturated heterocycles. The number of carbonyl (C=O) groups excluding carboxylic acids is 2. The second kappa shape index (κ2) is 26.4. The lowest BCUT2D eigenvalue weighted by Gasteiger charge is -2.29. The van der Waals surface area contributed by atoms with Gasteiger partial charge in [-0.1, -0.05) is 31.5 Å². The number of nitrogens with zero attached hydrogens (tertiary/aromatic N) is 8. The maximum Gasteiger partial charge on any atom is 0.573 e. The van der Waals surface area contributed by atoms with E-state index in [-0.39, 0.29) is 28.6 Å². The Kier molecular flexibility index (Phi) is 20.4. The molecule has 0 radical (unpaired) electrons. The third-order valence-corrected chi connectivity index (χ3v) is 13.5. The highest BCUT2D eigenvalue weighted by Crippen LogP contribution is 2.33. The zero-order chi connectivity index (χ0) is 53.5. The van der Waals surface area contributed by atoms with Gasteiger partial charge in [0.25, 0.3) is 0 Å². The first kappa shape index (κ1) is 57.2. The smallest absolute Gasteiger partial charge is 0.406 e. The number of alkyl halides is 3. The average Bonchev–Trinajstić information content (AvgIpc) is 3.99. The molecule has 2 aromatic heterocycles. The molecule has 2 aromatic carbocycles. The lowest BCUT2D eigenvalue weighted by molar-refractivity contribution is -0.274. The third-order valence-electron chi connectivity index (χ3n) is 13.1. The van der Waals surface area contributed by atoms with Crippen molar-refractivity contribution in [2.45, 2.75) is 53.3 Å². The minimum Gasteiger partial charge on any atom is -0.406 e. The molecule has 2 aliphatic heterocycles. The number of carbonyl (C=O) groups is 2. The molecule has 0 bridgehead atoms. The second-order valence-electron chi connectivity index (χ2n) is 19.3. The van der Waals surface area contributed by atoms with Crippen molar-refractivity contribution in [1.82, 2.24) is 50.2 Å². The maximum atomic E-state index is 14.2. The molecule has 2 unspecified atom stereocenters. The minimum atomic E-state index is -4.80. The molecule has 2 fully saturated rings. The summed E-state index contributed by atoms with van der Waals surface area (Å²) >= 11 is 11.1. The second-order valence-corrected chi connectivity index (χ2v) is 20.1. The molecule has 8 N–H and O–H groups in total. The van der Waals surface area contributed by atoms with Crippen LogP contribution in [0, 0.1) is 24.7 Å². The number of rotatable bonds is 24. The number of halogens is 3. The van der Waals surface area contributed by atoms with E-state index in [2.05, 4.69) is 85.8 Å². The van der Waals surface area contributed by atoms with Gasteiger partial charge in [-0.25, -0.2) is 9.97 Å². The highest BCUT2D eigenvalue weighted by Gasteiger charge is 2.45. The Bertz CT molecular complexity index is 2530. The number of ether oxygens (including phenoxy) is 1. The van der Waals surface area contributed by atoms with Crippen LogP contribution in [0.5, 0.6) is 5.75 Å². The van der Waals surface area contributed by atoms with Crippen LogP contribution in [0.1, 0.15) is 43.6 Å². The number of hydrogen-bond acceptors (Lipinski definition) is 15. The van der Waals surface area contributed by atoms with E-state index in [1.165, 1.54) is 24.3 Å². The summed E-state index contributed by atoms with van der Waals surface area (Å²) in [6.45, 7) is 16.1. The van der Waals surface area contributed by atoms with E-state index in [1.54, 1.807) is 13.0 Å². The number of aryl methyl sites for hydroxylation is 2. The number of likely N-dealkylation sites (tertiary alicyclic amines) is 2. The van der Waals surface area contributed by atoms with Crippen molar-refractivity contribution in [3.05, 3.63) is 77.6 Å². The molecule has 0 saturated carbocycles. The lowest BCUT2D eigenvalue weighted by atomic mass is 9.85. The van der Waals surface area contributed by atoms with Gasteiger partial charge in [-0.05, 0) is 135 Å². The molecule has 19 nitrogen and oxygen atoms in total. The molecule has 2 aliphatic rings. The number of nitrogens with one attached hydrogen (secondary N) is 8. The number of aromatic nitrogens is 4. The van der Waals surface area contributed by atoms with Gasteiger partial charge in [-0.2, -0.15) is 9.97 Å². The maximum absolute atomic E-state index is 14.2. The van der Waals surface area contributed by atoms with Crippen LogP contribution in [0.3, 0.4) is 0 Å². The summed E-state index contributed by atoms with van der Waals surface area (Å²) in [6.07, 6.45) is -2.86. The Morgan fingerprint density at radius 1 is 0.689 bits per heavy atom. The zero-order valence-electron chi connectivity index (χ0n) is 43.3. The highest BCUT2D eigenvalue weighted by molar-refractivity contribution is 7.81. The van der Waals surface area contributed by atoms with E-state index in [0.29, 0.717) is 99.3 Å². The summed E-state index contributed by atoms with van der Waals surface area (Å²) in [7, 11) is 5.98. The highest BCUT2D eigenvalue weighted by atomic mass is 32.1. The molecular formula is C50H71F3N16O3S2. The van der Waals surface area contributed by atoms with Gasteiger partial charge in [0.1, 0.15) is 17.4 Å². The monoisotopic (exact) mass is 1060 g/mol. The Balaban J connectivity index is 1.06. The fourth-order valence-electron chi connectivity index (χ4n) is 8.73. The van der Waals surface area contributed by atoms with Crippen molar-refractivity contribution in [3.63, 3.8) is 0 Å². The summed E-state index contributed by atoms with van der Waals surface area (Å²) in [5.41, 5.74) is 2.43. The normalized spacial score (nSPS) is 18.0. The fourth-order valence-corrected chi connectivity index (χ4v) is 9.15. The van der Waals surface area contributed by atoms with Crippen molar-refractivity contribution in [3.8, 4) is 5.75 Å². The van der Waals surface area contributed by atoms with E-state index in [9.17, 15) is 22.8 Å². The summed E-state index contributed by atoms with van der Waals surface area (Å²) in [5.74, 6) is 1.21. The first-order chi connectivity index (χ1) is 35.2. The Morgan fingerprint density at radius 2 is 1.19 bits per heavy atom. The molecule has 402 valence electrons. The average molecular weight is 1070 g/mol. The van der Waals surface area contributed by atoms with E-state index in [0.717, 1.165) is 56.1 Å². The van der Waals surface area contributed by atoms with Gasteiger partial charge in [0.2, 0.25) is 23.7 Å². The van der Waals surface area contributed by atoms with Crippen molar-refractivity contribution >= 4 is 81.4 Å². The number of anilines is 6. The number of hydrogen-bond donors (Lipinski definition) is 8. The van der Waals surface area contributed by atoms with Gasteiger partial charge in [-0.15, -0.1) is 13.2 Å². The minimum absolute atomic E-state index is 0.0299. The fraction of sp³-hybridized carbons (Fsp3) is 0.520. The lowest BCUT2D eigenvalue weighted by Crippen LogP contribution is -2.49.